The maximum Gasteiger partial charge on any atom is 0.304 e. The number of phenolic OH excluding ortho intramolecular Hbond substituents is 1. The fourth-order valence-electron chi connectivity index (χ4n) is 1.89. The molecule has 17 heavy (non-hydrogen) atoms. The van der Waals surface area contributed by atoms with Crippen molar-refractivity contribution in [3.05, 3.63) is 23.3 Å². The average Bonchev–Trinajstić information content (AvgIpc) is 2.18. The molecule has 1 aromatic rings. The van der Waals surface area contributed by atoms with Gasteiger partial charge in [0.1, 0.15) is 0 Å². The zero-order valence-corrected chi connectivity index (χ0v) is 10.6. The van der Waals surface area contributed by atoms with E-state index in [-0.39, 0.29) is 12.2 Å². The third-order valence-electron chi connectivity index (χ3n) is 2.76. The number of hydrogen-bond donors (Lipinski definition) is 2. The predicted molar refractivity (Wildman–Crippen MR) is 64.7 cm³/mol. The van der Waals surface area contributed by atoms with E-state index >= 15 is 0 Å². The maximum atomic E-state index is 10.8. The number of carboxylic acid groups (broad SMARTS) is 1. The van der Waals surface area contributed by atoms with Crippen molar-refractivity contribution >= 4 is 5.97 Å². The zero-order chi connectivity index (χ0) is 13.2. The zero-order valence-electron chi connectivity index (χ0n) is 10.6. The fourth-order valence-corrected chi connectivity index (χ4v) is 1.89. The van der Waals surface area contributed by atoms with Gasteiger partial charge in [0.25, 0.3) is 0 Å². The van der Waals surface area contributed by atoms with Crippen molar-refractivity contribution in [1.82, 2.24) is 0 Å². The summed E-state index contributed by atoms with van der Waals surface area (Å²) in [6, 6.07) is 3.51. The Balaban J connectivity index is 3.29. The van der Waals surface area contributed by atoms with E-state index < -0.39 is 11.4 Å². The van der Waals surface area contributed by atoms with Crippen LogP contribution in [0, 0.1) is 6.92 Å². The molecule has 0 spiro atoms. The van der Waals surface area contributed by atoms with Gasteiger partial charge in [0.05, 0.1) is 13.5 Å². The van der Waals surface area contributed by atoms with Crippen LogP contribution in [0.2, 0.25) is 0 Å². The fraction of sp³-hybridized carbons (Fsp3) is 0.462. The molecule has 0 saturated carbocycles. The lowest BCUT2D eigenvalue weighted by Gasteiger charge is -2.25. The molecule has 0 amide bonds. The van der Waals surface area contributed by atoms with Crippen LogP contribution in [0.25, 0.3) is 0 Å². The highest BCUT2D eigenvalue weighted by Crippen LogP contribution is 2.40. The number of hydrogen-bond acceptors (Lipinski definition) is 3. The number of carboxylic acids is 1. The van der Waals surface area contributed by atoms with Gasteiger partial charge < -0.3 is 14.9 Å². The standard InChI is InChI=1S/C13H18O4/c1-8-5-9(12(16)10(6-8)17-4)13(2,3)7-11(14)15/h5-6,16H,7H2,1-4H3,(H,14,15). The molecule has 2 N–H and O–H groups in total. The van der Waals surface area contributed by atoms with E-state index in [1.165, 1.54) is 7.11 Å². The Morgan fingerprint density at radius 2 is 2.00 bits per heavy atom. The van der Waals surface area contributed by atoms with Crippen LogP contribution in [-0.4, -0.2) is 23.3 Å². The van der Waals surface area contributed by atoms with Gasteiger partial charge in [-0.1, -0.05) is 19.9 Å². The normalized spacial score (nSPS) is 11.3. The lowest BCUT2D eigenvalue weighted by atomic mass is 9.80. The van der Waals surface area contributed by atoms with Gasteiger partial charge in [-0.05, 0) is 18.6 Å². The number of phenols is 1. The van der Waals surface area contributed by atoms with Gasteiger partial charge in [0.2, 0.25) is 0 Å². The first-order chi connectivity index (χ1) is 7.77. The van der Waals surface area contributed by atoms with Gasteiger partial charge in [-0.15, -0.1) is 0 Å². The smallest absolute Gasteiger partial charge is 0.304 e. The largest absolute Gasteiger partial charge is 0.504 e. The van der Waals surface area contributed by atoms with Crippen LogP contribution < -0.4 is 4.74 Å². The number of ether oxygens (including phenoxy) is 1. The topological polar surface area (TPSA) is 66.8 Å². The van der Waals surface area contributed by atoms with E-state index in [1.54, 1.807) is 26.0 Å². The molecule has 0 fully saturated rings. The number of aryl methyl sites for hydroxylation is 1. The molecular weight excluding hydrogens is 220 g/mol. The first-order valence-electron chi connectivity index (χ1n) is 5.38. The minimum atomic E-state index is -0.894. The molecule has 0 aliphatic heterocycles. The highest BCUT2D eigenvalue weighted by atomic mass is 16.5. The second-order valence-corrected chi connectivity index (χ2v) is 4.82. The van der Waals surface area contributed by atoms with E-state index in [0.717, 1.165) is 5.56 Å². The molecule has 94 valence electrons. The van der Waals surface area contributed by atoms with Crippen LogP contribution in [0.1, 0.15) is 31.4 Å². The highest BCUT2D eigenvalue weighted by molar-refractivity contribution is 5.69. The average molecular weight is 238 g/mol. The Kier molecular flexibility index (Phi) is 3.66. The van der Waals surface area contributed by atoms with Gasteiger partial charge in [0.15, 0.2) is 11.5 Å². The van der Waals surface area contributed by atoms with Gasteiger partial charge in [-0.2, -0.15) is 0 Å². The molecular formula is C13H18O4. The summed E-state index contributed by atoms with van der Waals surface area (Å²) in [7, 11) is 1.47. The third kappa shape index (κ3) is 2.90. The van der Waals surface area contributed by atoms with Crippen LogP contribution in [0.5, 0.6) is 11.5 Å². The summed E-state index contributed by atoms with van der Waals surface area (Å²) < 4.78 is 5.07. The molecule has 0 radical (unpaired) electrons. The summed E-state index contributed by atoms with van der Waals surface area (Å²) in [5, 5.41) is 18.9. The van der Waals surface area contributed by atoms with Crippen molar-refractivity contribution in [3.8, 4) is 11.5 Å². The van der Waals surface area contributed by atoms with Crippen LogP contribution in [0.3, 0.4) is 0 Å². The van der Waals surface area contributed by atoms with Gasteiger partial charge in [-0.3, -0.25) is 4.79 Å². The Morgan fingerprint density at radius 3 is 2.47 bits per heavy atom. The first kappa shape index (κ1) is 13.4. The third-order valence-corrected chi connectivity index (χ3v) is 2.76. The van der Waals surface area contributed by atoms with Crippen molar-refractivity contribution in [2.45, 2.75) is 32.6 Å². The monoisotopic (exact) mass is 238 g/mol. The highest BCUT2D eigenvalue weighted by Gasteiger charge is 2.28. The second-order valence-electron chi connectivity index (χ2n) is 4.82. The number of aromatic hydroxyl groups is 1. The molecule has 0 aliphatic carbocycles. The summed E-state index contributed by atoms with van der Waals surface area (Å²) in [6.07, 6.45) is -0.0484. The minimum Gasteiger partial charge on any atom is -0.504 e. The Bertz CT molecular complexity index is 435. The summed E-state index contributed by atoms with van der Waals surface area (Å²) in [5.41, 5.74) is 0.875. The van der Waals surface area contributed by atoms with Gasteiger partial charge in [-0.25, -0.2) is 0 Å². The number of methoxy groups -OCH3 is 1. The quantitative estimate of drug-likeness (QED) is 0.845. The molecule has 0 bridgehead atoms. The van der Waals surface area contributed by atoms with Crippen molar-refractivity contribution in [1.29, 1.82) is 0 Å². The Morgan fingerprint density at radius 1 is 1.41 bits per heavy atom. The van der Waals surface area contributed by atoms with Crippen LogP contribution in [0.15, 0.2) is 12.1 Å². The second kappa shape index (κ2) is 4.65. The van der Waals surface area contributed by atoms with Gasteiger partial charge >= 0.3 is 5.97 Å². The van der Waals surface area contributed by atoms with Crippen LogP contribution in [0.4, 0.5) is 0 Å². The number of carbonyl (C=O) groups is 1. The molecule has 0 saturated heterocycles. The minimum absolute atomic E-state index is 0.0179. The van der Waals surface area contributed by atoms with Crippen molar-refractivity contribution < 1.29 is 19.7 Å². The van der Waals surface area contributed by atoms with Crippen molar-refractivity contribution in [3.63, 3.8) is 0 Å². The van der Waals surface area contributed by atoms with Crippen molar-refractivity contribution in [2.24, 2.45) is 0 Å². The lowest BCUT2D eigenvalue weighted by Crippen LogP contribution is -2.22. The summed E-state index contributed by atoms with van der Waals surface area (Å²) in [6.45, 7) is 5.45. The molecule has 0 heterocycles. The number of aliphatic carboxylic acids is 1. The molecule has 1 rings (SSSR count). The Hall–Kier alpha value is -1.71. The molecule has 0 atom stereocenters. The SMILES string of the molecule is COc1cc(C)cc(C(C)(C)CC(=O)O)c1O. The molecule has 0 aliphatic rings. The van der Waals surface area contributed by atoms with Gasteiger partial charge in [0, 0.05) is 11.0 Å². The summed E-state index contributed by atoms with van der Waals surface area (Å²) in [5.74, 6) is -0.502. The maximum absolute atomic E-state index is 10.8. The van der Waals surface area contributed by atoms with Crippen LogP contribution >= 0.6 is 0 Å². The van der Waals surface area contributed by atoms with E-state index in [9.17, 15) is 9.90 Å². The number of benzene rings is 1. The molecule has 4 heteroatoms. The van der Waals surface area contributed by atoms with Crippen molar-refractivity contribution in [2.75, 3.05) is 7.11 Å². The van der Waals surface area contributed by atoms with E-state index in [1.807, 2.05) is 6.92 Å². The Labute approximate surface area is 101 Å². The molecule has 1 aromatic carbocycles. The van der Waals surface area contributed by atoms with E-state index in [4.69, 9.17) is 9.84 Å². The summed E-state index contributed by atoms with van der Waals surface area (Å²) >= 11 is 0. The molecule has 0 unspecified atom stereocenters. The predicted octanol–water partition coefficient (Wildman–Crippen LogP) is 2.46. The van der Waals surface area contributed by atoms with Crippen LogP contribution in [-0.2, 0) is 10.2 Å². The van der Waals surface area contributed by atoms with E-state index in [2.05, 4.69) is 0 Å². The molecule has 0 aromatic heterocycles. The molecule has 4 nitrogen and oxygen atoms in total. The summed E-state index contributed by atoms with van der Waals surface area (Å²) in [4.78, 5) is 10.8. The number of rotatable bonds is 4. The van der Waals surface area contributed by atoms with E-state index in [0.29, 0.717) is 11.3 Å². The lowest BCUT2D eigenvalue weighted by molar-refractivity contribution is -0.138. The first-order valence-corrected chi connectivity index (χ1v) is 5.38.